The predicted molar refractivity (Wildman–Crippen MR) is 289 cm³/mol. The van der Waals surface area contributed by atoms with E-state index in [4.69, 9.17) is 9.05 Å². The number of aliphatic hydroxyl groups excluding tert-OH is 1. The first-order valence-corrected chi connectivity index (χ1v) is 31.0. The maximum Gasteiger partial charge on any atom is 0.268 e. The SMILES string of the molecule is CCCCCCCCCC/C=C\CCCCCCCCCCCCCCCC(=O)NC(COP(=O)([O-])OCC[N+](C)(C)C)C(O)CCCCCCCCCCCCCCCCCCCCCC. The van der Waals surface area contributed by atoms with E-state index in [9.17, 15) is 19.4 Å². The second-order valence-electron chi connectivity index (χ2n) is 21.7. The van der Waals surface area contributed by atoms with E-state index in [0.717, 1.165) is 38.5 Å². The number of likely N-dealkylation sites (N-methyl/N-ethyl adjacent to an activating group) is 1. The maximum atomic E-state index is 13.0. The predicted octanol–water partition coefficient (Wildman–Crippen LogP) is 17.2. The molecule has 2 N–H and O–H groups in total. The molecule has 0 saturated carbocycles. The monoisotopic (exact) mass is 969 g/mol. The van der Waals surface area contributed by atoms with Crippen LogP contribution in [0.1, 0.15) is 303 Å². The molecule has 67 heavy (non-hydrogen) atoms. The van der Waals surface area contributed by atoms with Crippen molar-refractivity contribution >= 4 is 13.7 Å². The van der Waals surface area contributed by atoms with Crippen molar-refractivity contribution in [1.29, 1.82) is 0 Å². The van der Waals surface area contributed by atoms with Gasteiger partial charge in [-0.05, 0) is 38.5 Å². The molecule has 0 heterocycles. The quantitative estimate of drug-likeness (QED) is 0.0272. The number of aliphatic hydroxyl groups is 1. The number of allylic oxidation sites excluding steroid dienone is 2. The molecule has 0 radical (unpaired) electrons. The van der Waals surface area contributed by atoms with Gasteiger partial charge in [0.15, 0.2) is 0 Å². The van der Waals surface area contributed by atoms with Crippen LogP contribution in [-0.4, -0.2) is 68.5 Å². The van der Waals surface area contributed by atoms with Crippen molar-refractivity contribution in [2.45, 2.75) is 315 Å². The van der Waals surface area contributed by atoms with Crippen LogP contribution in [0.4, 0.5) is 0 Å². The first-order valence-electron chi connectivity index (χ1n) is 29.5. The summed E-state index contributed by atoms with van der Waals surface area (Å²) < 4.78 is 23.4. The van der Waals surface area contributed by atoms with Crippen LogP contribution in [0.5, 0.6) is 0 Å². The van der Waals surface area contributed by atoms with Gasteiger partial charge in [-0.3, -0.25) is 9.36 Å². The number of rotatable bonds is 55. The molecule has 8 nitrogen and oxygen atoms in total. The van der Waals surface area contributed by atoms with Crippen molar-refractivity contribution in [3.63, 3.8) is 0 Å². The third-order valence-electron chi connectivity index (χ3n) is 13.8. The third-order valence-corrected chi connectivity index (χ3v) is 14.7. The molecule has 0 spiro atoms. The Balaban J connectivity index is 4.12. The van der Waals surface area contributed by atoms with Crippen molar-refractivity contribution in [2.75, 3.05) is 40.9 Å². The highest BCUT2D eigenvalue weighted by atomic mass is 31.2. The molecule has 1 amide bonds. The van der Waals surface area contributed by atoms with Crippen LogP contribution in [-0.2, 0) is 18.4 Å². The van der Waals surface area contributed by atoms with Gasteiger partial charge in [0.1, 0.15) is 13.2 Å². The number of carbonyl (C=O) groups is 1. The van der Waals surface area contributed by atoms with Crippen LogP contribution >= 0.6 is 7.82 Å². The lowest BCUT2D eigenvalue weighted by Gasteiger charge is -2.30. The number of nitrogens with zero attached hydrogens (tertiary/aromatic N) is 1. The fraction of sp³-hybridized carbons (Fsp3) is 0.948. The minimum atomic E-state index is -4.57. The number of amides is 1. The number of phosphoric ester groups is 1. The van der Waals surface area contributed by atoms with Crippen molar-refractivity contribution in [2.24, 2.45) is 0 Å². The summed E-state index contributed by atoms with van der Waals surface area (Å²) in [6, 6.07) is -0.798. The average Bonchev–Trinajstić information content (AvgIpc) is 3.29. The minimum absolute atomic E-state index is 0.0150. The number of hydrogen-bond donors (Lipinski definition) is 2. The molecule has 0 fully saturated rings. The van der Waals surface area contributed by atoms with Gasteiger partial charge in [-0.25, -0.2) is 0 Å². The summed E-state index contributed by atoms with van der Waals surface area (Å²) in [5.74, 6) is -0.159. The molecule has 9 heteroatoms. The van der Waals surface area contributed by atoms with Crippen molar-refractivity contribution in [3.8, 4) is 0 Å². The Morgan fingerprint density at radius 1 is 0.507 bits per heavy atom. The van der Waals surface area contributed by atoms with Gasteiger partial charge in [-0.15, -0.1) is 0 Å². The van der Waals surface area contributed by atoms with E-state index in [0.29, 0.717) is 23.9 Å². The lowest BCUT2D eigenvalue weighted by Crippen LogP contribution is -2.46. The molecule has 3 unspecified atom stereocenters. The van der Waals surface area contributed by atoms with Crippen molar-refractivity contribution in [1.82, 2.24) is 5.32 Å². The zero-order chi connectivity index (χ0) is 49.2. The Kier molecular flexibility index (Phi) is 49.6. The van der Waals surface area contributed by atoms with Gasteiger partial charge in [-0.1, -0.05) is 270 Å². The average molecular weight is 970 g/mol. The summed E-state index contributed by atoms with van der Waals surface area (Å²) in [5, 5.41) is 14.0. The molecule has 0 aliphatic heterocycles. The number of quaternary nitrogens is 1. The Bertz CT molecular complexity index is 1100. The summed E-state index contributed by atoms with van der Waals surface area (Å²) in [5.41, 5.74) is 0. The fourth-order valence-corrected chi connectivity index (χ4v) is 9.82. The summed E-state index contributed by atoms with van der Waals surface area (Å²) in [6.07, 6.45) is 61.0. The normalized spacial score (nSPS) is 14.0. The summed E-state index contributed by atoms with van der Waals surface area (Å²) >= 11 is 0. The highest BCUT2D eigenvalue weighted by Crippen LogP contribution is 2.38. The van der Waals surface area contributed by atoms with E-state index >= 15 is 0 Å². The zero-order valence-corrected chi connectivity index (χ0v) is 46.5. The van der Waals surface area contributed by atoms with E-state index in [2.05, 4.69) is 31.3 Å². The molecule has 0 bridgehead atoms. The standard InChI is InChI=1S/C58H117N2O6P/c1-6-8-10-12-14-16-18-20-22-24-26-28-29-30-31-32-34-36-38-40-42-44-46-48-50-52-58(62)59-56(55-66-67(63,64)65-54-53-60(3,4)5)57(61)51-49-47-45-43-41-39-37-35-33-27-25-23-21-19-17-15-13-11-9-7-2/h24,26,56-57,61H,6-23,25,27-55H2,1-5H3,(H-,59,62,63,64)/b26-24-. The molecule has 3 atom stereocenters. The third kappa shape index (κ3) is 52.9. The fourth-order valence-electron chi connectivity index (χ4n) is 9.10. The van der Waals surface area contributed by atoms with Crippen LogP contribution in [0, 0.1) is 0 Å². The Labute approximate surface area is 418 Å². The lowest BCUT2D eigenvalue weighted by atomic mass is 10.0. The molecular weight excluding hydrogens is 852 g/mol. The summed E-state index contributed by atoms with van der Waals surface area (Å²) in [4.78, 5) is 25.5. The molecule has 400 valence electrons. The Morgan fingerprint density at radius 2 is 0.821 bits per heavy atom. The largest absolute Gasteiger partial charge is 0.756 e. The van der Waals surface area contributed by atoms with Crippen LogP contribution in [0.15, 0.2) is 12.2 Å². The summed E-state index contributed by atoms with van der Waals surface area (Å²) in [7, 11) is 1.32. The van der Waals surface area contributed by atoms with E-state index in [1.807, 2.05) is 21.1 Å². The zero-order valence-electron chi connectivity index (χ0n) is 45.6. The number of unbranched alkanes of at least 4 members (excludes halogenated alkanes) is 40. The molecule has 0 rings (SSSR count). The number of hydrogen-bond acceptors (Lipinski definition) is 6. The number of carbonyl (C=O) groups excluding carboxylic acids is 1. The molecule has 0 saturated heterocycles. The second kappa shape index (κ2) is 50.2. The van der Waals surface area contributed by atoms with Gasteiger partial charge in [0.05, 0.1) is 39.9 Å². The van der Waals surface area contributed by atoms with E-state index in [1.54, 1.807) is 0 Å². The lowest BCUT2D eigenvalue weighted by molar-refractivity contribution is -0.870. The van der Waals surface area contributed by atoms with Crippen LogP contribution in [0.3, 0.4) is 0 Å². The van der Waals surface area contributed by atoms with Crippen LogP contribution in [0.2, 0.25) is 0 Å². The van der Waals surface area contributed by atoms with Gasteiger partial charge in [-0.2, -0.15) is 0 Å². The van der Waals surface area contributed by atoms with Crippen LogP contribution in [0.25, 0.3) is 0 Å². The van der Waals surface area contributed by atoms with Gasteiger partial charge in [0.2, 0.25) is 5.91 Å². The molecule has 0 aromatic carbocycles. The first kappa shape index (κ1) is 66.2. The van der Waals surface area contributed by atoms with Crippen LogP contribution < -0.4 is 10.2 Å². The smallest absolute Gasteiger partial charge is 0.268 e. The number of phosphoric acid groups is 1. The van der Waals surface area contributed by atoms with E-state index in [1.165, 1.54) is 238 Å². The highest BCUT2D eigenvalue weighted by molar-refractivity contribution is 7.45. The number of nitrogens with one attached hydrogen (secondary N) is 1. The Hall–Kier alpha value is -0.760. The van der Waals surface area contributed by atoms with Gasteiger partial charge in [0, 0.05) is 6.42 Å². The van der Waals surface area contributed by atoms with E-state index < -0.39 is 20.0 Å². The molecular formula is C58H117N2O6P. The second-order valence-corrected chi connectivity index (χ2v) is 23.1. The van der Waals surface area contributed by atoms with E-state index in [-0.39, 0.29) is 19.1 Å². The molecule has 0 aliphatic carbocycles. The van der Waals surface area contributed by atoms with Crippen molar-refractivity contribution in [3.05, 3.63) is 12.2 Å². The Morgan fingerprint density at radius 3 is 1.16 bits per heavy atom. The molecule has 0 aromatic rings. The topological polar surface area (TPSA) is 108 Å². The molecule has 0 aromatic heterocycles. The van der Waals surface area contributed by atoms with Crippen molar-refractivity contribution < 1.29 is 32.9 Å². The minimum Gasteiger partial charge on any atom is -0.756 e. The highest BCUT2D eigenvalue weighted by Gasteiger charge is 2.24. The van der Waals surface area contributed by atoms with Gasteiger partial charge < -0.3 is 28.8 Å². The molecule has 0 aliphatic rings. The summed E-state index contributed by atoms with van der Waals surface area (Å²) in [6.45, 7) is 4.77. The maximum absolute atomic E-state index is 13.0. The first-order chi connectivity index (χ1) is 32.5. The van der Waals surface area contributed by atoms with Gasteiger partial charge in [0.25, 0.3) is 7.82 Å². The van der Waals surface area contributed by atoms with Gasteiger partial charge >= 0.3 is 0 Å².